The number of nitrogens with two attached hydrogens (primary N) is 1. The van der Waals surface area contributed by atoms with Crippen LogP contribution in [0.2, 0.25) is 0 Å². The molecule has 0 fully saturated rings. The highest BCUT2D eigenvalue weighted by Crippen LogP contribution is 2.22. The van der Waals surface area contributed by atoms with E-state index in [0.717, 1.165) is 11.0 Å². The Hall–Kier alpha value is -3.99. The predicted molar refractivity (Wildman–Crippen MR) is 104 cm³/mol. The lowest BCUT2D eigenvalue weighted by Gasteiger charge is -2.24. The zero-order valence-electron chi connectivity index (χ0n) is 15.7. The molecule has 0 aliphatic carbocycles. The summed E-state index contributed by atoms with van der Waals surface area (Å²) < 4.78 is 38.0. The molecule has 10 heteroatoms. The highest BCUT2D eigenvalue weighted by Gasteiger charge is 2.47. The zero-order valence-corrected chi connectivity index (χ0v) is 15.7. The molecular formula is C21H16F3N3O4. The third-order valence-electron chi connectivity index (χ3n) is 3.86. The Morgan fingerprint density at radius 1 is 0.935 bits per heavy atom. The molecule has 0 heterocycles. The number of hydroxylamine groups is 1. The second-order valence-electron chi connectivity index (χ2n) is 6.11. The summed E-state index contributed by atoms with van der Waals surface area (Å²) in [7, 11) is 0. The Morgan fingerprint density at radius 3 is 1.87 bits per heavy atom. The quantitative estimate of drug-likeness (QED) is 0.215. The number of aliphatic hydroxyl groups is 1. The van der Waals surface area contributed by atoms with E-state index in [1.807, 2.05) is 0 Å². The SMILES string of the molecule is Nc1ccc(C#CC#Cc2ccc(C(=O)NC(C(=O)NO)C(O)C(F)(F)F)cc2)cc1. The molecule has 2 atom stereocenters. The molecule has 0 radical (unpaired) electrons. The molecule has 160 valence electrons. The van der Waals surface area contributed by atoms with Crippen molar-refractivity contribution in [3.05, 3.63) is 65.2 Å². The second-order valence-corrected chi connectivity index (χ2v) is 6.11. The van der Waals surface area contributed by atoms with Crippen molar-refractivity contribution in [1.82, 2.24) is 10.8 Å². The van der Waals surface area contributed by atoms with Crippen molar-refractivity contribution in [3.8, 4) is 23.7 Å². The molecule has 31 heavy (non-hydrogen) atoms. The van der Waals surface area contributed by atoms with Gasteiger partial charge in [0.2, 0.25) is 0 Å². The lowest BCUT2D eigenvalue weighted by atomic mass is 10.1. The highest BCUT2D eigenvalue weighted by molar-refractivity contribution is 5.97. The number of amides is 2. The van der Waals surface area contributed by atoms with Gasteiger partial charge in [0.25, 0.3) is 11.8 Å². The van der Waals surface area contributed by atoms with E-state index >= 15 is 0 Å². The van der Waals surface area contributed by atoms with Crippen LogP contribution in [0.1, 0.15) is 21.5 Å². The van der Waals surface area contributed by atoms with Crippen molar-refractivity contribution >= 4 is 17.5 Å². The van der Waals surface area contributed by atoms with Crippen LogP contribution in [0.3, 0.4) is 0 Å². The lowest BCUT2D eigenvalue weighted by molar-refractivity contribution is -0.212. The summed E-state index contributed by atoms with van der Waals surface area (Å²) in [6, 6.07) is 9.80. The van der Waals surface area contributed by atoms with Gasteiger partial charge < -0.3 is 16.2 Å². The Labute approximate surface area is 175 Å². The lowest BCUT2D eigenvalue weighted by Crippen LogP contribution is -2.57. The van der Waals surface area contributed by atoms with Crippen LogP contribution in [0, 0.1) is 23.7 Å². The molecule has 0 aliphatic heterocycles. The van der Waals surface area contributed by atoms with Crippen LogP contribution in [-0.2, 0) is 4.79 Å². The number of anilines is 1. The van der Waals surface area contributed by atoms with Gasteiger partial charge in [-0.2, -0.15) is 13.2 Å². The number of alkyl halides is 3. The minimum atomic E-state index is -5.20. The number of rotatable bonds is 4. The molecule has 6 N–H and O–H groups in total. The van der Waals surface area contributed by atoms with Gasteiger partial charge in [-0.25, -0.2) is 5.48 Å². The first-order chi connectivity index (χ1) is 14.6. The Bertz CT molecular complexity index is 1060. The van der Waals surface area contributed by atoms with Crippen molar-refractivity contribution in [3.63, 3.8) is 0 Å². The van der Waals surface area contributed by atoms with E-state index < -0.39 is 30.1 Å². The van der Waals surface area contributed by atoms with Crippen LogP contribution in [0.25, 0.3) is 0 Å². The Kier molecular flexibility index (Phi) is 7.64. The van der Waals surface area contributed by atoms with E-state index in [0.29, 0.717) is 11.3 Å². The molecule has 0 spiro atoms. The average Bonchev–Trinajstić information content (AvgIpc) is 2.75. The number of hydrogen-bond acceptors (Lipinski definition) is 5. The zero-order chi connectivity index (χ0) is 23.0. The van der Waals surface area contributed by atoms with Gasteiger partial charge in [-0.1, -0.05) is 11.8 Å². The number of halogens is 3. The smallest absolute Gasteiger partial charge is 0.399 e. The first-order valence-electron chi connectivity index (χ1n) is 8.59. The second kappa shape index (κ2) is 10.2. The highest BCUT2D eigenvalue weighted by atomic mass is 19.4. The summed E-state index contributed by atoms with van der Waals surface area (Å²) in [4.78, 5) is 23.6. The number of benzene rings is 2. The monoisotopic (exact) mass is 431 g/mol. The van der Waals surface area contributed by atoms with Crippen molar-refractivity contribution in [2.45, 2.75) is 18.3 Å². The Balaban J connectivity index is 2.08. The largest absolute Gasteiger partial charge is 0.416 e. The van der Waals surface area contributed by atoms with Gasteiger partial charge in [0.05, 0.1) is 0 Å². The van der Waals surface area contributed by atoms with Crippen LogP contribution in [-0.4, -0.2) is 40.5 Å². The summed E-state index contributed by atoms with van der Waals surface area (Å²) in [5.74, 6) is 8.12. The van der Waals surface area contributed by atoms with E-state index in [4.69, 9.17) is 10.9 Å². The number of carbonyl (C=O) groups excluding carboxylic acids is 2. The third-order valence-corrected chi connectivity index (χ3v) is 3.86. The molecule has 7 nitrogen and oxygen atoms in total. The van der Waals surface area contributed by atoms with Gasteiger partial charge in [-0.05, 0) is 60.4 Å². The van der Waals surface area contributed by atoms with Crippen molar-refractivity contribution in [2.24, 2.45) is 0 Å². The summed E-state index contributed by atoms with van der Waals surface area (Å²) in [6.45, 7) is 0. The van der Waals surface area contributed by atoms with Gasteiger partial charge in [0.15, 0.2) is 6.10 Å². The molecule has 2 aromatic rings. The van der Waals surface area contributed by atoms with Gasteiger partial charge in [0, 0.05) is 22.4 Å². The maximum atomic E-state index is 12.7. The molecule has 2 aromatic carbocycles. The topological polar surface area (TPSA) is 125 Å². The maximum Gasteiger partial charge on any atom is 0.416 e. The number of nitrogen functional groups attached to an aromatic ring is 1. The van der Waals surface area contributed by atoms with E-state index in [1.54, 1.807) is 29.6 Å². The maximum absolute atomic E-state index is 12.7. The molecule has 0 saturated heterocycles. The average molecular weight is 431 g/mol. The van der Waals surface area contributed by atoms with Crippen molar-refractivity contribution in [2.75, 3.05) is 5.73 Å². The molecule has 2 rings (SSSR count). The number of carbonyl (C=O) groups is 2. The first-order valence-corrected chi connectivity index (χ1v) is 8.59. The summed E-state index contributed by atoms with van der Waals surface area (Å²) in [6.07, 6.45) is -8.41. The molecule has 2 unspecified atom stereocenters. The van der Waals surface area contributed by atoms with E-state index in [-0.39, 0.29) is 5.56 Å². The fourth-order valence-electron chi connectivity index (χ4n) is 2.25. The van der Waals surface area contributed by atoms with Gasteiger partial charge in [0.1, 0.15) is 6.04 Å². The number of hydrogen-bond donors (Lipinski definition) is 5. The molecular weight excluding hydrogens is 415 g/mol. The van der Waals surface area contributed by atoms with Gasteiger partial charge >= 0.3 is 6.18 Å². The predicted octanol–water partition coefficient (Wildman–Crippen LogP) is 1.20. The van der Waals surface area contributed by atoms with Crippen LogP contribution in [0.15, 0.2) is 48.5 Å². The fraction of sp³-hybridized carbons (Fsp3) is 0.143. The van der Waals surface area contributed by atoms with Crippen molar-refractivity contribution < 1.29 is 33.1 Å². The number of nitrogens with one attached hydrogen (secondary N) is 2. The van der Waals surface area contributed by atoms with Gasteiger partial charge in [-0.15, -0.1) is 0 Å². The molecule has 0 aromatic heterocycles. The molecule has 0 aliphatic rings. The normalized spacial score (nSPS) is 12.3. The molecule has 2 amide bonds. The number of aliphatic hydroxyl groups excluding tert-OH is 1. The third kappa shape index (κ3) is 6.78. The fourth-order valence-corrected chi connectivity index (χ4v) is 2.25. The van der Waals surface area contributed by atoms with Crippen molar-refractivity contribution in [1.29, 1.82) is 0 Å². The summed E-state index contributed by atoms with van der Waals surface area (Å²) in [5, 5.41) is 19.6. The summed E-state index contributed by atoms with van der Waals surface area (Å²) in [5.41, 5.74) is 8.26. The van der Waals surface area contributed by atoms with Crippen LogP contribution < -0.4 is 16.5 Å². The minimum Gasteiger partial charge on any atom is -0.399 e. The van der Waals surface area contributed by atoms with Crippen LogP contribution in [0.5, 0.6) is 0 Å². The minimum absolute atomic E-state index is 0.0939. The standard InChI is InChI=1S/C21H16F3N3O4/c22-21(23,24)18(28)17(20(30)27-31)26-19(29)15-9-5-13(6-10-15)3-1-2-4-14-7-11-16(25)12-8-14/h5-12,17-18,28,31H,25H2,(H,26,29)(H,27,30). The van der Waals surface area contributed by atoms with E-state index in [9.17, 15) is 27.9 Å². The first kappa shape index (κ1) is 23.3. The molecule has 0 bridgehead atoms. The molecule has 0 saturated carbocycles. The summed E-state index contributed by atoms with van der Waals surface area (Å²) >= 11 is 0. The van der Waals surface area contributed by atoms with Gasteiger partial charge in [-0.3, -0.25) is 14.8 Å². The Morgan fingerprint density at radius 2 is 1.42 bits per heavy atom. The van der Waals surface area contributed by atoms with Crippen LogP contribution in [0.4, 0.5) is 18.9 Å². The van der Waals surface area contributed by atoms with Crippen LogP contribution >= 0.6 is 0 Å². The van der Waals surface area contributed by atoms with E-state index in [2.05, 4.69) is 23.7 Å². The van der Waals surface area contributed by atoms with E-state index in [1.165, 1.54) is 24.3 Å².